The van der Waals surface area contributed by atoms with Crippen LogP contribution in [0.15, 0.2) is 46.3 Å². The van der Waals surface area contributed by atoms with E-state index in [0.717, 1.165) is 16.7 Å². The second kappa shape index (κ2) is 9.73. The zero-order valence-corrected chi connectivity index (χ0v) is 17.6. The number of halogens is 1. The predicted octanol–water partition coefficient (Wildman–Crippen LogP) is 3.04. The van der Waals surface area contributed by atoms with Crippen LogP contribution < -0.4 is 21.3 Å². The minimum atomic E-state index is -0.491. The highest BCUT2D eigenvalue weighted by atomic mass is 35.5. The molecule has 3 aromatic rings. The lowest BCUT2D eigenvalue weighted by molar-refractivity contribution is 0.455. The minimum absolute atomic E-state index is 0.187. The molecule has 0 amide bonds. The highest BCUT2D eigenvalue weighted by molar-refractivity contribution is 6.31. The maximum atomic E-state index is 11.7. The topological polar surface area (TPSA) is 126 Å². The summed E-state index contributed by atoms with van der Waals surface area (Å²) in [5, 5.41) is 11.9. The first-order chi connectivity index (χ1) is 14.9. The lowest BCUT2D eigenvalue weighted by Crippen LogP contribution is -2.30. The highest BCUT2D eigenvalue weighted by Crippen LogP contribution is 2.33. The van der Waals surface area contributed by atoms with Crippen molar-refractivity contribution in [2.75, 3.05) is 11.9 Å². The molecule has 0 atom stereocenters. The van der Waals surface area contributed by atoms with Crippen LogP contribution in [-0.2, 0) is 6.54 Å². The van der Waals surface area contributed by atoms with Crippen molar-refractivity contribution in [3.63, 3.8) is 0 Å². The largest absolute Gasteiger partial charge is 0.437 e. The van der Waals surface area contributed by atoms with Crippen LogP contribution in [0.25, 0.3) is 6.08 Å². The van der Waals surface area contributed by atoms with Gasteiger partial charge in [0.15, 0.2) is 0 Å². The van der Waals surface area contributed by atoms with Crippen molar-refractivity contribution in [2.24, 2.45) is 0 Å². The standard InChI is InChI=1S/C21H19ClN6O3/c1-13-10-15(4-3-6-23)11-14(2)18(13)31-19-16(22)12-25-20(27-19)24-7-9-28-8-5-17(29)26-21(28)30/h3-5,8,10-12H,7,9H2,1-2H3,(H,24,25,27)(H,26,29,30). The normalized spacial score (nSPS) is 10.8. The quantitative estimate of drug-likeness (QED) is 0.543. The van der Waals surface area contributed by atoms with Crippen molar-refractivity contribution in [1.29, 1.82) is 5.26 Å². The lowest BCUT2D eigenvalue weighted by Gasteiger charge is -2.14. The molecule has 0 saturated carbocycles. The first-order valence-corrected chi connectivity index (χ1v) is 9.66. The summed E-state index contributed by atoms with van der Waals surface area (Å²) in [6, 6.07) is 7.03. The van der Waals surface area contributed by atoms with E-state index in [1.54, 1.807) is 6.08 Å². The molecule has 1 aromatic carbocycles. The van der Waals surface area contributed by atoms with Gasteiger partial charge in [-0.2, -0.15) is 10.2 Å². The first kappa shape index (κ1) is 21.8. The SMILES string of the molecule is Cc1cc(C=CC#N)cc(C)c1Oc1nc(NCCn2ccc(=O)[nH]c2=O)ncc1Cl. The summed E-state index contributed by atoms with van der Waals surface area (Å²) in [6.45, 7) is 4.42. The molecule has 3 rings (SSSR count). The van der Waals surface area contributed by atoms with E-state index in [2.05, 4.69) is 20.3 Å². The molecule has 158 valence electrons. The molecular formula is C21H19ClN6O3. The smallest absolute Gasteiger partial charge is 0.328 e. The lowest BCUT2D eigenvalue weighted by atomic mass is 10.1. The molecule has 0 saturated heterocycles. The van der Waals surface area contributed by atoms with Crippen LogP contribution in [0.5, 0.6) is 11.6 Å². The Balaban J connectivity index is 1.74. The highest BCUT2D eigenvalue weighted by Gasteiger charge is 2.12. The van der Waals surface area contributed by atoms with Gasteiger partial charge in [-0.3, -0.25) is 14.3 Å². The molecule has 0 radical (unpaired) electrons. The molecule has 0 aliphatic carbocycles. The van der Waals surface area contributed by atoms with Gasteiger partial charge in [-0.1, -0.05) is 11.6 Å². The van der Waals surface area contributed by atoms with Crippen molar-refractivity contribution in [1.82, 2.24) is 19.5 Å². The molecule has 2 aromatic heterocycles. The van der Waals surface area contributed by atoms with Crippen LogP contribution in [0.1, 0.15) is 16.7 Å². The maximum Gasteiger partial charge on any atom is 0.328 e. The van der Waals surface area contributed by atoms with E-state index in [9.17, 15) is 9.59 Å². The number of aryl methyl sites for hydroxylation is 2. The van der Waals surface area contributed by atoms with Crippen molar-refractivity contribution < 1.29 is 4.74 Å². The fourth-order valence-corrected chi connectivity index (χ4v) is 3.02. The number of nitrogens with one attached hydrogen (secondary N) is 2. The number of aromatic nitrogens is 4. The van der Waals surface area contributed by atoms with Crippen LogP contribution >= 0.6 is 11.6 Å². The average Bonchev–Trinajstić information content (AvgIpc) is 2.72. The van der Waals surface area contributed by atoms with Gasteiger partial charge < -0.3 is 10.1 Å². The second-order valence-corrected chi connectivity index (χ2v) is 7.03. The summed E-state index contributed by atoms with van der Waals surface area (Å²) in [5.41, 5.74) is 1.67. The Hall–Kier alpha value is -3.90. The van der Waals surface area contributed by atoms with Crippen molar-refractivity contribution in [3.8, 4) is 17.7 Å². The molecule has 2 heterocycles. The number of allylic oxidation sites excluding steroid dienone is 1. The minimum Gasteiger partial charge on any atom is -0.437 e. The first-order valence-electron chi connectivity index (χ1n) is 9.29. The van der Waals surface area contributed by atoms with E-state index >= 15 is 0 Å². The number of ether oxygens (including phenoxy) is 1. The molecule has 0 unspecified atom stereocenters. The van der Waals surface area contributed by atoms with Gasteiger partial charge in [0.25, 0.3) is 5.56 Å². The molecular weight excluding hydrogens is 420 g/mol. The maximum absolute atomic E-state index is 11.7. The van der Waals surface area contributed by atoms with Crippen molar-refractivity contribution in [2.45, 2.75) is 20.4 Å². The monoisotopic (exact) mass is 438 g/mol. The van der Waals surface area contributed by atoms with Gasteiger partial charge in [0.05, 0.1) is 12.3 Å². The van der Waals surface area contributed by atoms with E-state index in [4.69, 9.17) is 21.6 Å². The van der Waals surface area contributed by atoms with Gasteiger partial charge in [0, 0.05) is 31.4 Å². The zero-order valence-electron chi connectivity index (χ0n) is 16.8. The van der Waals surface area contributed by atoms with Crippen LogP contribution in [0.3, 0.4) is 0 Å². The van der Waals surface area contributed by atoms with Gasteiger partial charge in [-0.25, -0.2) is 9.78 Å². The number of hydrogen-bond donors (Lipinski definition) is 2. The molecule has 0 aliphatic rings. The van der Waals surface area contributed by atoms with Crippen LogP contribution in [0, 0.1) is 25.2 Å². The molecule has 0 aliphatic heterocycles. The van der Waals surface area contributed by atoms with Crippen LogP contribution in [0.4, 0.5) is 5.95 Å². The van der Waals surface area contributed by atoms with Gasteiger partial charge in [-0.05, 0) is 48.7 Å². The Labute approximate surface area is 182 Å². The number of aromatic amines is 1. The number of nitrogens with zero attached hydrogens (tertiary/aromatic N) is 4. The number of benzene rings is 1. The molecule has 31 heavy (non-hydrogen) atoms. The Morgan fingerprint density at radius 2 is 2.06 bits per heavy atom. The number of rotatable bonds is 7. The van der Waals surface area contributed by atoms with Gasteiger partial charge in [-0.15, -0.1) is 0 Å². The summed E-state index contributed by atoms with van der Waals surface area (Å²) >= 11 is 6.21. The number of nitriles is 1. The molecule has 2 N–H and O–H groups in total. The molecule has 0 bridgehead atoms. The Morgan fingerprint density at radius 3 is 2.74 bits per heavy atom. The van der Waals surface area contributed by atoms with E-state index in [0.29, 0.717) is 18.8 Å². The molecule has 0 spiro atoms. The van der Waals surface area contributed by atoms with E-state index in [1.807, 2.05) is 32.0 Å². The summed E-state index contributed by atoms with van der Waals surface area (Å²) in [5.74, 6) is 1.08. The summed E-state index contributed by atoms with van der Waals surface area (Å²) in [7, 11) is 0. The number of hydrogen-bond acceptors (Lipinski definition) is 7. The van der Waals surface area contributed by atoms with E-state index in [-0.39, 0.29) is 16.9 Å². The van der Waals surface area contributed by atoms with Gasteiger partial charge in [0.2, 0.25) is 11.8 Å². The van der Waals surface area contributed by atoms with Gasteiger partial charge >= 0.3 is 5.69 Å². The Bertz CT molecular complexity index is 1270. The molecule has 0 fully saturated rings. The molecule has 10 heteroatoms. The van der Waals surface area contributed by atoms with Gasteiger partial charge in [0.1, 0.15) is 10.8 Å². The summed E-state index contributed by atoms with van der Waals surface area (Å²) < 4.78 is 7.32. The van der Waals surface area contributed by atoms with Crippen molar-refractivity contribution >= 4 is 23.6 Å². The fourth-order valence-electron chi connectivity index (χ4n) is 2.89. The molecule has 9 nitrogen and oxygen atoms in total. The van der Waals surface area contributed by atoms with Crippen LogP contribution in [-0.4, -0.2) is 26.1 Å². The average molecular weight is 439 g/mol. The third-order valence-corrected chi connectivity index (χ3v) is 4.54. The van der Waals surface area contributed by atoms with E-state index in [1.165, 1.54) is 29.1 Å². The number of H-pyrrole nitrogens is 1. The Morgan fingerprint density at radius 1 is 1.32 bits per heavy atom. The van der Waals surface area contributed by atoms with Crippen molar-refractivity contribution in [3.05, 3.63) is 79.2 Å². The third-order valence-electron chi connectivity index (χ3n) is 4.28. The number of anilines is 1. The third kappa shape index (κ3) is 5.58. The summed E-state index contributed by atoms with van der Waals surface area (Å²) in [6.07, 6.45) is 5.97. The fraction of sp³-hybridized carbons (Fsp3) is 0.190. The second-order valence-electron chi connectivity index (χ2n) is 6.63. The zero-order chi connectivity index (χ0) is 22.4. The summed E-state index contributed by atoms with van der Waals surface area (Å²) in [4.78, 5) is 33.5. The Kier molecular flexibility index (Phi) is 6.85. The van der Waals surface area contributed by atoms with E-state index < -0.39 is 11.2 Å². The van der Waals surface area contributed by atoms with Crippen LogP contribution in [0.2, 0.25) is 5.02 Å². The predicted molar refractivity (Wildman–Crippen MR) is 117 cm³/mol.